The lowest BCUT2D eigenvalue weighted by Crippen LogP contribution is -2.09. The maximum Gasteiger partial charge on any atom is 0.265 e. The summed E-state index contributed by atoms with van der Waals surface area (Å²) in [6.45, 7) is 2.11. The minimum absolute atomic E-state index is 0.0868. The number of anilines is 1. The Labute approximate surface area is 135 Å². The van der Waals surface area contributed by atoms with Gasteiger partial charge >= 0.3 is 0 Å². The van der Waals surface area contributed by atoms with Gasteiger partial charge in [-0.2, -0.15) is 0 Å². The Hall–Kier alpha value is -2.18. The number of nitrogens with zero attached hydrogens (tertiary/aromatic N) is 2. The second kappa shape index (κ2) is 5.23. The summed E-state index contributed by atoms with van der Waals surface area (Å²) in [4.78, 5) is 19.4. The lowest BCUT2D eigenvalue weighted by molar-refractivity contribution is 0.103. The predicted octanol–water partition coefficient (Wildman–Crippen LogP) is 4.43. The van der Waals surface area contributed by atoms with Crippen LogP contribution in [0.3, 0.4) is 0 Å². The first-order chi connectivity index (χ1) is 10.7. The number of carbonyl (C=O) groups excluding carboxylic acids is 1. The van der Waals surface area contributed by atoms with E-state index in [0.717, 1.165) is 27.4 Å². The molecule has 1 amide bonds. The maximum absolute atomic E-state index is 12.4. The molecule has 0 fully saturated rings. The minimum Gasteiger partial charge on any atom is -0.321 e. The van der Waals surface area contributed by atoms with Gasteiger partial charge in [0.15, 0.2) is 4.96 Å². The van der Waals surface area contributed by atoms with Gasteiger partial charge in [0.25, 0.3) is 5.91 Å². The number of imidazole rings is 1. The minimum atomic E-state index is -0.0868. The molecule has 4 nitrogen and oxygen atoms in total. The fraction of sp³-hybridized carbons (Fsp3) is 0.125. The SMILES string of the molecule is CCc1ccc(NC(=O)c2cc3c(nc4sccn43)s2)cc1. The van der Waals surface area contributed by atoms with Crippen molar-refractivity contribution in [3.63, 3.8) is 0 Å². The van der Waals surface area contributed by atoms with Gasteiger partial charge in [-0.05, 0) is 30.2 Å². The van der Waals surface area contributed by atoms with Crippen LogP contribution in [0.25, 0.3) is 15.3 Å². The summed E-state index contributed by atoms with van der Waals surface area (Å²) in [6, 6.07) is 9.85. The first kappa shape index (κ1) is 13.5. The van der Waals surface area contributed by atoms with Crippen molar-refractivity contribution in [1.82, 2.24) is 9.38 Å². The van der Waals surface area contributed by atoms with Gasteiger partial charge in [-0.1, -0.05) is 19.1 Å². The van der Waals surface area contributed by atoms with Crippen molar-refractivity contribution in [3.8, 4) is 0 Å². The third kappa shape index (κ3) is 2.20. The Morgan fingerprint density at radius 1 is 1.32 bits per heavy atom. The number of fused-ring (bicyclic) bond motifs is 3. The largest absolute Gasteiger partial charge is 0.321 e. The van der Waals surface area contributed by atoms with Gasteiger partial charge in [-0.25, -0.2) is 4.98 Å². The Balaban J connectivity index is 1.62. The van der Waals surface area contributed by atoms with Crippen LogP contribution < -0.4 is 5.32 Å². The molecule has 0 spiro atoms. The van der Waals surface area contributed by atoms with Crippen molar-refractivity contribution < 1.29 is 4.79 Å². The Bertz CT molecular complexity index is 962. The van der Waals surface area contributed by atoms with Crippen LogP contribution in [0.1, 0.15) is 22.2 Å². The van der Waals surface area contributed by atoms with E-state index in [2.05, 4.69) is 17.2 Å². The Morgan fingerprint density at radius 2 is 2.14 bits per heavy atom. The molecule has 110 valence electrons. The highest BCUT2D eigenvalue weighted by Gasteiger charge is 2.15. The molecule has 4 aromatic rings. The van der Waals surface area contributed by atoms with Crippen LogP contribution in [0.4, 0.5) is 5.69 Å². The van der Waals surface area contributed by atoms with Crippen LogP contribution in [-0.2, 0) is 6.42 Å². The van der Waals surface area contributed by atoms with Gasteiger partial charge in [-0.15, -0.1) is 22.7 Å². The van der Waals surface area contributed by atoms with E-state index >= 15 is 0 Å². The number of aryl methyl sites for hydroxylation is 1. The van der Waals surface area contributed by atoms with Gasteiger partial charge in [0, 0.05) is 17.3 Å². The van der Waals surface area contributed by atoms with Crippen molar-refractivity contribution in [3.05, 3.63) is 52.3 Å². The fourth-order valence-corrected chi connectivity index (χ4v) is 4.07. The number of nitrogens with one attached hydrogen (secondary N) is 1. The topological polar surface area (TPSA) is 46.4 Å². The van der Waals surface area contributed by atoms with Crippen LogP contribution in [0.2, 0.25) is 0 Å². The molecule has 0 bridgehead atoms. The van der Waals surface area contributed by atoms with Crippen LogP contribution in [0.15, 0.2) is 41.9 Å². The quantitative estimate of drug-likeness (QED) is 0.605. The Morgan fingerprint density at radius 3 is 2.91 bits per heavy atom. The van der Waals surface area contributed by atoms with Gasteiger partial charge < -0.3 is 5.32 Å². The fourth-order valence-electron chi connectivity index (χ4n) is 2.38. The summed E-state index contributed by atoms with van der Waals surface area (Å²) in [7, 11) is 0. The predicted molar refractivity (Wildman–Crippen MR) is 92.2 cm³/mol. The molecule has 0 atom stereocenters. The van der Waals surface area contributed by atoms with E-state index in [4.69, 9.17) is 0 Å². The van der Waals surface area contributed by atoms with Gasteiger partial charge in [0.05, 0.1) is 10.4 Å². The second-order valence-corrected chi connectivity index (χ2v) is 6.88. The highest BCUT2D eigenvalue weighted by atomic mass is 32.1. The number of carbonyl (C=O) groups is 1. The van der Waals surface area contributed by atoms with E-state index in [1.165, 1.54) is 16.9 Å². The monoisotopic (exact) mass is 327 g/mol. The first-order valence-corrected chi connectivity index (χ1v) is 8.69. The van der Waals surface area contributed by atoms with Crippen LogP contribution in [0.5, 0.6) is 0 Å². The molecule has 1 N–H and O–H groups in total. The van der Waals surface area contributed by atoms with E-state index < -0.39 is 0 Å². The lowest BCUT2D eigenvalue weighted by atomic mass is 10.1. The molecular weight excluding hydrogens is 314 g/mol. The highest BCUT2D eigenvalue weighted by Crippen LogP contribution is 2.28. The smallest absolute Gasteiger partial charge is 0.265 e. The van der Waals surface area contributed by atoms with Crippen LogP contribution in [-0.4, -0.2) is 15.3 Å². The molecule has 3 heterocycles. The van der Waals surface area contributed by atoms with Crippen molar-refractivity contribution in [2.75, 3.05) is 5.32 Å². The average Bonchev–Trinajstić information content (AvgIpc) is 3.19. The number of hydrogen-bond donors (Lipinski definition) is 1. The maximum atomic E-state index is 12.4. The van der Waals surface area contributed by atoms with Crippen molar-refractivity contribution in [2.24, 2.45) is 0 Å². The van der Waals surface area contributed by atoms with Crippen molar-refractivity contribution in [1.29, 1.82) is 0 Å². The second-order valence-electron chi connectivity index (χ2n) is 4.97. The molecule has 22 heavy (non-hydrogen) atoms. The normalized spacial score (nSPS) is 11.3. The molecule has 1 aromatic carbocycles. The summed E-state index contributed by atoms with van der Waals surface area (Å²) in [5.74, 6) is -0.0868. The molecule has 0 aliphatic carbocycles. The van der Waals surface area contributed by atoms with Crippen molar-refractivity contribution >= 4 is 49.6 Å². The summed E-state index contributed by atoms with van der Waals surface area (Å²) >= 11 is 3.02. The molecular formula is C16H13N3OS2. The van der Waals surface area contributed by atoms with E-state index in [9.17, 15) is 4.79 Å². The molecule has 0 aliphatic heterocycles. The zero-order valence-electron chi connectivity index (χ0n) is 11.9. The summed E-state index contributed by atoms with van der Waals surface area (Å²) < 4.78 is 2.02. The first-order valence-electron chi connectivity index (χ1n) is 7.00. The van der Waals surface area contributed by atoms with Gasteiger partial charge in [0.2, 0.25) is 0 Å². The molecule has 0 aliphatic rings. The highest BCUT2D eigenvalue weighted by molar-refractivity contribution is 7.21. The number of amides is 1. The molecule has 3 aromatic heterocycles. The molecule has 0 saturated heterocycles. The van der Waals surface area contributed by atoms with Crippen molar-refractivity contribution in [2.45, 2.75) is 13.3 Å². The number of aromatic nitrogens is 2. The molecule has 4 rings (SSSR count). The van der Waals surface area contributed by atoms with E-state index in [1.54, 1.807) is 11.3 Å². The average molecular weight is 327 g/mol. The summed E-state index contributed by atoms with van der Waals surface area (Å²) in [5.41, 5.74) is 3.07. The molecule has 0 unspecified atom stereocenters. The number of thiophene rings is 1. The van der Waals surface area contributed by atoms with E-state index in [-0.39, 0.29) is 5.91 Å². The van der Waals surface area contributed by atoms with E-state index in [0.29, 0.717) is 4.88 Å². The molecule has 0 radical (unpaired) electrons. The van der Waals surface area contributed by atoms with Gasteiger partial charge in [0.1, 0.15) is 4.83 Å². The summed E-state index contributed by atoms with van der Waals surface area (Å²) in [5, 5.41) is 4.93. The van der Waals surface area contributed by atoms with Crippen LogP contribution >= 0.6 is 22.7 Å². The molecule has 0 saturated carbocycles. The lowest BCUT2D eigenvalue weighted by Gasteiger charge is -2.04. The molecule has 6 heteroatoms. The standard InChI is InChI=1S/C16H13N3OS2/c1-2-10-3-5-11(6-4-10)17-14(20)13-9-12-15(22-13)18-16-19(12)7-8-21-16/h3-9H,2H2,1H3,(H,17,20). The van der Waals surface area contributed by atoms with Gasteiger partial charge in [-0.3, -0.25) is 9.20 Å². The zero-order chi connectivity index (χ0) is 15.1. The zero-order valence-corrected chi connectivity index (χ0v) is 13.5. The number of benzene rings is 1. The number of thiazole rings is 1. The summed E-state index contributed by atoms with van der Waals surface area (Å²) in [6.07, 6.45) is 2.97. The third-order valence-electron chi connectivity index (χ3n) is 3.58. The van der Waals surface area contributed by atoms with E-state index in [1.807, 2.05) is 46.3 Å². The number of hydrogen-bond acceptors (Lipinski definition) is 4. The third-order valence-corrected chi connectivity index (χ3v) is 5.36. The van der Waals surface area contributed by atoms with Crippen LogP contribution in [0, 0.1) is 0 Å². The Kier molecular flexibility index (Phi) is 3.20. The number of rotatable bonds is 3.